The van der Waals surface area contributed by atoms with E-state index in [1.807, 2.05) is 27.7 Å². The van der Waals surface area contributed by atoms with Crippen LogP contribution in [-0.2, 0) is 4.79 Å². The number of hydrogen-bond acceptors (Lipinski definition) is 4. The highest BCUT2D eigenvalue weighted by Crippen LogP contribution is 2.07. The lowest BCUT2D eigenvalue weighted by atomic mass is 10.2. The summed E-state index contributed by atoms with van der Waals surface area (Å²) in [7, 11) is 0. The molecule has 0 bridgehead atoms. The van der Waals surface area contributed by atoms with Crippen molar-refractivity contribution in [2.45, 2.75) is 46.6 Å². The predicted molar refractivity (Wildman–Crippen MR) is 75.3 cm³/mol. The van der Waals surface area contributed by atoms with Crippen LogP contribution in [0.3, 0.4) is 0 Å². The van der Waals surface area contributed by atoms with Crippen molar-refractivity contribution in [1.29, 1.82) is 0 Å². The zero-order valence-corrected chi connectivity index (χ0v) is 12.7. The molecule has 2 amide bonds. The first kappa shape index (κ1) is 16.1. The summed E-state index contributed by atoms with van der Waals surface area (Å²) in [6.07, 6.45) is 0. The molecule has 0 aliphatic heterocycles. The molecule has 0 aliphatic rings. The van der Waals surface area contributed by atoms with Crippen LogP contribution in [-0.4, -0.2) is 51.0 Å². The Bertz CT molecular complexity index is 465. The number of aromatic nitrogens is 3. The van der Waals surface area contributed by atoms with Gasteiger partial charge in [-0.1, -0.05) is 13.8 Å². The summed E-state index contributed by atoms with van der Waals surface area (Å²) in [5.74, 6) is 0.327. The highest BCUT2D eigenvalue weighted by molar-refractivity contribution is 5.94. The van der Waals surface area contributed by atoms with Crippen molar-refractivity contribution in [1.82, 2.24) is 25.4 Å². The van der Waals surface area contributed by atoms with Gasteiger partial charge in [-0.15, -0.1) is 5.10 Å². The summed E-state index contributed by atoms with van der Waals surface area (Å²) >= 11 is 0. The molecule has 0 saturated heterocycles. The van der Waals surface area contributed by atoms with Gasteiger partial charge in [0.25, 0.3) is 5.91 Å². The Morgan fingerprint density at radius 1 is 1.25 bits per heavy atom. The molecule has 1 aromatic rings. The lowest BCUT2D eigenvalue weighted by Gasteiger charge is -2.23. The third-order valence-corrected chi connectivity index (χ3v) is 3.05. The molecule has 1 aromatic heterocycles. The molecule has 0 aromatic carbocycles. The molecule has 1 atom stereocenters. The zero-order chi connectivity index (χ0) is 15.3. The van der Waals surface area contributed by atoms with Crippen LogP contribution in [0.15, 0.2) is 0 Å². The van der Waals surface area contributed by atoms with Crippen LogP contribution >= 0.6 is 0 Å². The molecule has 0 aliphatic carbocycles. The fraction of sp³-hybridized carbons (Fsp3) is 0.692. The molecule has 1 unspecified atom stereocenters. The minimum atomic E-state index is -0.594. The highest BCUT2D eigenvalue weighted by atomic mass is 16.2. The van der Waals surface area contributed by atoms with Gasteiger partial charge in [-0.25, -0.2) is 4.98 Å². The summed E-state index contributed by atoms with van der Waals surface area (Å²) in [4.78, 5) is 29.8. The number of aromatic amines is 1. The van der Waals surface area contributed by atoms with E-state index in [1.165, 1.54) is 0 Å². The van der Waals surface area contributed by atoms with Crippen molar-refractivity contribution >= 4 is 11.8 Å². The predicted octanol–water partition coefficient (Wildman–Crippen LogP) is 0.915. The number of nitrogens with zero attached hydrogens (tertiary/aromatic N) is 3. The maximum atomic E-state index is 12.0. The SMILES string of the molecule is CCN(CC)C(=O)C(C)NC(=O)c1n[nH]c(C(C)C)n1. The van der Waals surface area contributed by atoms with E-state index in [-0.39, 0.29) is 17.6 Å². The minimum absolute atomic E-state index is 0.0629. The first-order valence-electron chi connectivity index (χ1n) is 6.92. The molecule has 7 heteroatoms. The zero-order valence-electron chi connectivity index (χ0n) is 12.7. The first-order valence-corrected chi connectivity index (χ1v) is 6.92. The van der Waals surface area contributed by atoms with Crippen molar-refractivity contribution in [2.24, 2.45) is 0 Å². The molecule has 7 nitrogen and oxygen atoms in total. The molecule has 2 N–H and O–H groups in total. The third-order valence-electron chi connectivity index (χ3n) is 3.05. The van der Waals surface area contributed by atoms with Crippen LogP contribution in [0.4, 0.5) is 0 Å². The van der Waals surface area contributed by atoms with Gasteiger partial charge in [-0.2, -0.15) is 0 Å². The molecular formula is C13H23N5O2. The van der Waals surface area contributed by atoms with Gasteiger partial charge in [-0.3, -0.25) is 14.7 Å². The Hall–Kier alpha value is -1.92. The number of rotatable bonds is 6. The summed E-state index contributed by atoms with van der Waals surface area (Å²) in [6, 6.07) is -0.594. The smallest absolute Gasteiger partial charge is 0.291 e. The number of H-pyrrole nitrogens is 1. The molecule has 20 heavy (non-hydrogen) atoms. The summed E-state index contributed by atoms with van der Waals surface area (Å²) in [5.41, 5.74) is 0. The van der Waals surface area contributed by atoms with E-state index < -0.39 is 11.9 Å². The average Bonchev–Trinajstić information content (AvgIpc) is 2.89. The van der Waals surface area contributed by atoms with Gasteiger partial charge in [0, 0.05) is 19.0 Å². The quantitative estimate of drug-likeness (QED) is 0.811. The molecule has 0 saturated carbocycles. The van der Waals surface area contributed by atoms with Gasteiger partial charge in [0.2, 0.25) is 11.7 Å². The van der Waals surface area contributed by atoms with Crippen LogP contribution in [0.1, 0.15) is 57.0 Å². The Kier molecular flexibility index (Phi) is 5.66. The second kappa shape index (κ2) is 7.02. The Balaban J connectivity index is 2.67. The Morgan fingerprint density at radius 3 is 2.30 bits per heavy atom. The van der Waals surface area contributed by atoms with Gasteiger partial charge < -0.3 is 10.2 Å². The molecule has 1 rings (SSSR count). The first-order chi connectivity index (χ1) is 9.40. The van der Waals surface area contributed by atoms with Gasteiger partial charge in [-0.05, 0) is 20.8 Å². The normalized spacial score (nSPS) is 12.3. The van der Waals surface area contributed by atoms with Crippen LogP contribution in [0.5, 0.6) is 0 Å². The van der Waals surface area contributed by atoms with Crippen LogP contribution in [0.25, 0.3) is 0 Å². The molecule has 112 valence electrons. The van der Waals surface area contributed by atoms with Crippen molar-refractivity contribution in [3.05, 3.63) is 11.6 Å². The number of carbonyl (C=O) groups is 2. The van der Waals surface area contributed by atoms with Crippen molar-refractivity contribution in [2.75, 3.05) is 13.1 Å². The van der Waals surface area contributed by atoms with E-state index in [0.29, 0.717) is 18.9 Å². The van der Waals surface area contributed by atoms with Gasteiger partial charge in [0.15, 0.2) is 0 Å². The van der Waals surface area contributed by atoms with E-state index >= 15 is 0 Å². The molecular weight excluding hydrogens is 258 g/mol. The van der Waals surface area contributed by atoms with Crippen LogP contribution in [0, 0.1) is 0 Å². The number of nitrogens with one attached hydrogen (secondary N) is 2. The van der Waals surface area contributed by atoms with E-state index in [4.69, 9.17) is 0 Å². The monoisotopic (exact) mass is 281 g/mol. The summed E-state index contributed by atoms with van der Waals surface area (Å²) < 4.78 is 0. The van der Waals surface area contributed by atoms with Crippen molar-refractivity contribution < 1.29 is 9.59 Å². The number of amides is 2. The number of hydrogen-bond donors (Lipinski definition) is 2. The molecule has 1 heterocycles. The lowest BCUT2D eigenvalue weighted by Crippen LogP contribution is -2.47. The van der Waals surface area contributed by atoms with Gasteiger partial charge >= 0.3 is 0 Å². The van der Waals surface area contributed by atoms with Crippen LogP contribution < -0.4 is 5.32 Å². The van der Waals surface area contributed by atoms with E-state index in [0.717, 1.165) is 0 Å². The Labute approximate surface area is 119 Å². The molecule has 0 radical (unpaired) electrons. The van der Waals surface area contributed by atoms with E-state index in [2.05, 4.69) is 20.5 Å². The summed E-state index contributed by atoms with van der Waals surface area (Å²) in [5, 5.41) is 9.20. The van der Waals surface area contributed by atoms with Gasteiger partial charge in [0.05, 0.1) is 0 Å². The van der Waals surface area contributed by atoms with Crippen molar-refractivity contribution in [3.63, 3.8) is 0 Å². The van der Waals surface area contributed by atoms with E-state index in [1.54, 1.807) is 11.8 Å². The third kappa shape index (κ3) is 3.79. The van der Waals surface area contributed by atoms with Gasteiger partial charge in [0.1, 0.15) is 11.9 Å². The number of likely N-dealkylation sites (N-methyl/N-ethyl adjacent to an activating group) is 1. The maximum Gasteiger partial charge on any atom is 0.291 e. The summed E-state index contributed by atoms with van der Waals surface area (Å²) in [6.45, 7) is 10.6. The molecule has 0 fully saturated rings. The lowest BCUT2D eigenvalue weighted by molar-refractivity contribution is -0.132. The minimum Gasteiger partial charge on any atom is -0.341 e. The molecule has 0 spiro atoms. The average molecular weight is 281 g/mol. The van der Waals surface area contributed by atoms with E-state index in [9.17, 15) is 9.59 Å². The maximum absolute atomic E-state index is 12.0. The van der Waals surface area contributed by atoms with Crippen molar-refractivity contribution in [3.8, 4) is 0 Å². The highest BCUT2D eigenvalue weighted by Gasteiger charge is 2.22. The number of carbonyl (C=O) groups excluding carboxylic acids is 2. The topological polar surface area (TPSA) is 91.0 Å². The standard InChI is InChI=1S/C13H23N5O2/c1-6-18(7-2)13(20)9(5)14-12(19)11-15-10(8(3)4)16-17-11/h8-9H,6-7H2,1-5H3,(H,14,19)(H,15,16,17). The second-order valence-electron chi connectivity index (χ2n) is 4.90. The Morgan fingerprint density at radius 2 is 1.85 bits per heavy atom. The fourth-order valence-corrected chi connectivity index (χ4v) is 1.77. The second-order valence-corrected chi connectivity index (χ2v) is 4.90. The fourth-order valence-electron chi connectivity index (χ4n) is 1.77. The van der Waals surface area contributed by atoms with Crippen LogP contribution in [0.2, 0.25) is 0 Å². The largest absolute Gasteiger partial charge is 0.341 e.